The number of aryl methyl sites for hydroxylation is 1. The molecule has 0 radical (unpaired) electrons. The van der Waals surface area contributed by atoms with Crippen LogP contribution in [0, 0.1) is 11.6 Å². The van der Waals surface area contributed by atoms with E-state index >= 15 is 0 Å². The second-order valence-electron chi connectivity index (χ2n) is 9.04. The molecule has 172 valence electrons. The fourth-order valence-corrected chi connectivity index (χ4v) is 6.03. The number of hydrogen-bond acceptors (Lipinski definition) is 3. The third-order valence-corrected chi connectivity index (χ3v) is 7.67. The Labute approximate surface area is 203 Å². The molecule has 0 N–H and O–H groups in total. The van der Waals surface area contributed by atoms with Crippen LogP contribution in [-0.2, 0) is 13.5 Å². The molecule has 4 aromatic rings. The van der Waals surface area contributed by atoms with Crippen LogP contribution in [0.4, 0.5) is 8.78 Å². The zero-order valence-corrected chi connectivity index (χ0v) is 20.0. The number of nitrogens with zero attached hydrogens (tertiary/aromatic N) is 4. The van der Waals surface area contributed by atoms with Crippen molar-refractivity contribution in [3.05, 3.63) is 81.6 Å². The van der Waals surface area contributed by atoms with Gasteiger partial charge < -0.3 is 4.90 Å². The van der Waals surface area contributed by atoms with Gasteiger partial charge in [0.1, 0.15) is 11.6 Å². The molecule has 2 bridgehead atoms. The van der Waals surface area contributed by atoms with Crippen molar-refractivity contribution in [2.45, 2.75) is 37.8 Å². The molecule has 0 spiro atoms. The lowest BCUT2D eigenvalue weighted by Gasteiger charge is -2.45. The van der Waals surface area contributed by atoms with Crippen LogP contribution in [0.1, 0.15) is 46.9 Å². The minimum Gasteiger partial charge on any atom is -0.327 e. The molecule has 0 aliphatic carbocycles. The summed E-state index contributed by atoms with van der Waals surface area (Å²) in [5, 5.41) is 5.65. The predicted octanol–water partition coefficient (Wildman–Crippen LogP) is 5.97. The highest BCUT2D eigenvalue weighted by Crippen LogP contribution is 2.45. The summed E-state index contributed by atoms with van der Waals surface area (Å²) in [6, 6.07) is 10.9. The van der Waals surface area contributed by atoms with Crippen LogP contribution in [0.3, 0.4) is 0 Å². The van der Waals surface area contributed by atoms with Crippen molar-refractivity contribution in [1.29, 1.82) is 0 Å². The lowest BCUT2D eigenvalue weighted by Crippen LogP contribution is -2.49. The molecule has 1 amide bonds. The molecule has 0 unspecified atom stereocenters. The fraction of sp³-hybridized carbons (Fsp3) is 0.269. The predicted molar refractivity (Wildman–Crippen MR) is 128 cm³/mol. The van der Waals surface area contributed by atoms with E-state index in [1.807, 2.05) is 29.2 Å². The SMILES string of the molecule is Cn1nc2c(c1-c1cc(F)cc(F)c1)C[C@@H]1CCC[C@H]2N1C(=O)c1ccc2nccc(Br)c2c1. The van der Waals surface area contributed by atoms with Crippen molar-refractivity contribution in [1.82, 2.24) is 19.7 Å². The smallest absolute Gasteiger partial charge is 0.254 e. The van der Waals surface area contributed by atoms with Crippen LogP contribution in [0.15, 0.2) is 53.1 Å². The van der Waals surface area contributed by atoms with E-state index in [1.165, 1.54) is 12.1 Å². The maximum atomic E-state index is 14.0. The second-order valence-corrected chi connectivity index (χ2v) is 9.89. The highest BCUT2D eigenvalue weighted by molar-refractivity contribution is 9.10. The zero-order chi connectivity index (χ0) is 23.6. The Morgan fingerprint density at radius 1 is 1.09 bits per heavy atom. The van der Waals surface area contributed by atoms with E-state index in [9.17, 15) is 13.6 Å². The maximum absolute atomic E-state index is 14.0. The number of carbonyl (C=O) groups excluding carboxylic acids is 1. The first-order chi connectivity index (χ1) is 16.4. The van der Waals surface area contributed by atoms with E-state index in [1.54, 1.807) is 17.9 Å². The molecule has 5 nitrogen and oxygen atoms in total. The number of carbonyl (C=O) groups is 1. The minimum atomic E-state index is -0.616. The molecule has 8 heteroatoms. The molecule has 4 heterocycles. The summed E-state index contributed by atoms with van der Waals surface area (Å²) in [4.78, 5) is 20.1. The first kappa shape index (κ1) is 21.4. The average Bonchev–Trinajstić information content (AvgIpc) is 3.13. The number of rotatable bonds is 2. The number of amides is 1. The van der Waals surface area contributed by atoms with Gasteiger partial charge >= 0.3 is 0 Å². The van der Waals surface area contributed by atoms with Gasteiger partial charge in [-0.05, 0) is 62.1 Å². The Kier molecular flexibility index (Phi) is 5.02. The number of hydrogen-bond donors (Lipinski definition) is 0. The van der Waals surface area contributed by atoms with E-state index < -0.39 is 11.6 Å². The molecule has 2 aliphatic heterocycles. The molecule has 2 aliphatic rings. The summed E-state index contributed by atoms with van der Waals surface area (Å²) in [5.41, 5.74) is 4.44. The number of piperidine rings is 1. The number of fused-ring (bicyclic) bond motifs is 5. The highest BCUT2D eigenvalue weighted by Gasteiger charge is 2.43. The topological polar surface area (TPSA) is 51.0 Å². The number of pyridine rings is 1. The van der Waals surface area contributed by atoms with Crippen LogP contribution < -0.4 is 0 Å². The number of aromatic nitrogens is 3. The average molecular weight is 523 g/mol. The summed E-state index contributed by atoms with van der Waals surface area (Å²) in [6.07, 6.45) is 5.03. The molecule has 34 heavy (non-hydrogen) atoms. The van der Waals surface area contributed by atoms with Crippen LogP contribution in [0.2, 0.25) is 0 Å². The third-order valence-electron chi connectivity index (χ3n) is 6.98. The van der Waals surface area contributed by atoms with Gasteiger partial charge in [0, 0.05) is 51.9 Å². The molecular formula is C26H21BrF2N4O. The van der Waals surface area contributed by atoms with Gasteiger partial charge in [-0.15, -0.1) is 0 Å². The Morgan fingerprint density at radius 2 is 1.88 bits per heavy atom. The van der Waals surface area contributed by atoms with E-state index in [4.69, 9.17) is 5.10 Å². The van der Waals surface area contributed by atoms with Gasteiger partial charge in [0.15, 0.2) is 0 Å². The zero-order valence-electron chi connectivity index (χ0n) is 18.4. The molecule has 1 saturated heterocycles. The van der Waals surface area contributed by atoms with Gasteiger partial charge in [0.25, 0.3) is 5.91 Å². The lowest BCUT2D eigenvalue weighted by atomic mass is 9.81. The fourth-order valence-electron chi connectivity index (χ4n) is 5.60. The van der Waals surface area contributed by atoms with E-state index in [2.05, 4.69) is 20.9 Å². The summed E-state index contributed by atoms with van der Waals surface area (Å²) in [6.45, 7) is 0. The van der Waals surface area contributed by atoms with Crippen LogP contribution >= 0.6 is 15.9 Å². The first-order valence-electron chi connectivity index (χ1n) is 11.3. The van der Waals surface area contributed by atoms with E-state index in [0.29, 0.717) is 17.5 Å². The van der Waals surface area contributed by atoms with Crippen molar-refractivity contribution in [2.75, 3.05) is 0 Å². The lowest BCUT2D eigenvalue weighted by molar-refractivity contribution is 0.0392. The van der Waals surface area contributed by atoms with E-state index in [0.717, 1.165) is 57.7 Å². The highest BCUT2D eigenvalue weighted by atomic mass is 79.9. The molecule has 0 saturated carbocycles. The largest absolute Gasteiger partial charge is 0.327 e. The summed E-state index contributed by atoms with van der Waals surface area (Å²) >= 11 is 3.56. The van der Waals surface area contributed by atoms with Gasteiger partial charge in [-0.2, -0.15) is 5.10 Å². The van der Waals surface area contributed by atoms with Gasteiger partial charge in [-0.1, -0.05) is 15.9 Å². The summed E-state index contributed by atoms with van der Waals surface area (Å²) < 4.78 is 30.5. The Morgan fingerprint density at radius 3 is 2.68 bits per heavy atom. The number of halogens is 3. The van der Waals surface area contributed by atoms with Gasteiger partial charge in [0.2, 0.25) is 0 Å². The van der Waals surface area contributed by atoms with Crippen LogP contribution in [0.5, 0.6) is 0 Å². The minimum absolute atomic E-state index is 0.00754. The quantitative estimate of drug-likeness (QED) is 0.326. The first-order valence-corrected chi connectivity index (χ1v) is 12.1. The Balaban J connectivity index is 1.43. The van der Waals surface area contributed by atoms with Crippen molar-refractivity contribution in [3.8, 4) is 11.3 Å². The van der Waals surface area contributed by atoms with Crippen molar-refractivity contribution in [3.63, 3.8) is 0 Å². The molecule has 6 rings (SSSR count). The van der Waals surface area contributed by atoms with Gasteiger partial charge in [-0.3, -0.25) is 14.5 Å². The van der Waals surface area contributed by atoms with Crippen LogP contribution in [0.25, 0.3) is 22.2 Å². The Hall–Kier alpha value is -3.13. The standard InChI is InChI=1S/C26H21BrF2N4O/c1-32-25(15-9-16(28)12-17(29)10-15)20-13-18-3-2-4-23(24(20)31-32)33(18)26(34)14-5-6-22-19(11-14)21(27)7-8-30-22/h5-12,18,23H,2-4,13H2,1H3/t18-,23+/m0/s1. The molecule has 2 atom stereocenters. The third kappa shape index (κ3) is 3.35. The molecule has 2 aromatic heterocycles. The number of benzene rings is 2. The van der Waals surface area contributed by atoms with Gasteiger partial charge in [0.05, 0.1) is 22.9 Å². The van der Waals surface area contributed by atoms with Crippen molar-refractivity contribution < 1.29 is 13.6 Å². The van der Waals surface area contributed by atoms with E-state index in [-0.39, 0.29) is 18.0 Å². The molecule has 2 aromatic carbocycles. The Bertz CT molecular complexity index is 1450. The monoisotopic (exact) mass is 522 g/mol. The molecular weight excluding hydrogens is 502 g/mol. The van der Waals surface area contributed by atoms with Crippen molar-refractivity contribution in [2.24, 2.45) is 7.05 Å². The summed E-state index contributed by atoms with van der Waals surface area (Å²) in [5.74, 6) is -1.26. The van der Waals surface area contributed by atoms with Gasteiger partial charge in [-0.25, -0.2) is 8.78 Å². The second kappa shape index (κ2) is 7.98. The maximum Gasteiger partial charge on any atom is 0.254 e. The summed E-state index contributed by atoms with van der Waals surface area (Å²) in [7, 11) is 1.79. The normalized spacial score (nSPS) is 19.4. The van der Waals surface area contributed by atoms with Crippen molar-refractivity contribution >= 4 is 32.7 Å². The molecule has 1 fully saturated rings. The van der Waals surface area contributed by atoms with Crippen LogP contribution in [-0.4, -0.2) is 31.6 Å².